The average Bonchev–Trinajstić information content (AvgIpc) is 1.70. The molecule has 0 radical (unpaired) electrons. The van der Waals surface area contributed by atoms with Gasteiger partial charge in [-0.1, -0.05) is 199 Å². The summed E-state index contributed by atoms with van der Waals surface area (Å²) in [6, 6.07) is 63.8. The Labute approximate surface area is 801 Å². The Hall–Kier alpha value is -11.2. The zero-order chi connectivity index (χ0) is 95.1. The Morgan fingerprint density at radius 3 is 0.874 bits per heavy atom. The molecule has 4 N–H and O–H groups in total. The van der Waals surface area contributed by atoms with Crippen LogP contribution in [-0.2, 0) is 47.7 Å². The van der Waals surface area contributed by atoms with Crippen molar-refractivity contribution in [3.05, 3.63) is 279 Å². The maximum absolute atomic E-state index is 15.1. The monoisotopic (exact) mass is 1860 g/mol. The lowest BCUT2D eigenvalue weighted by molar-refractivity contribution is -0.142. The predicted octanol–water partition coefficient (Wildman–Crippen LogP) is 29.7. The first-order chi connectivity index (χ1) is 65.7. The van der Waals surface area contributed by atoms with Crippen LogP contribution in [0.4, 0.5) is 13.2 Å². The van der Waals surface area contributed by atoms with Crippen molar-refractivity contribution in [3.63, 3.8) is 0 Å². The van der Waals surface area contributed by atoms with Gasteiger partial charge in [0.25, 0.3) is 0 Å². The highest BCUT2D eigenvalue weighted by Crippen LogP contribution is 2.51. The lowest BCUT2D eigenvalue weighted by Crippen LogP contribution is -2.10. The van der Waals surface area contributed by atoms with Crippen LogP contribution < -0.4 is 23.7 Å². The Kier molecular flexibility index (Phi) is 38.3. The normalized spacial score (nSPS) is 16.9. The molecule has 17 rings (SSSR count). The number of ether oxygens (including phenoxy) is 7. The van der Waals surface area contributed by atoms with Gasteiger partial charge in [-0.25, -0.2) is 13.2 Å². The zero-order valence-electron chi connectivity index (χ0n) is 79.2. The number of phenolic OH excluding ortho intramolecular Hbond substituents is 2. The zero-order valence-corrected chi connectivity index (χ0v) is 80.0. The first kappa shape index (κ1) is 101. The van der Waals surface area contributed by atoms with Crippen molar-refractivity contribution in [2.45, 2.75) is 272 Å². The molecule has 7 saturated carbocycles. The molecule has 10 aromatic rings. The lowest BCUT2D eigenvalue weighted by Gasteiger charge is -2.24. The molecule has 19 heteroatoms. The topological polar surface area (TPSA) is 214 Å². The number of carboxylic acid groups (broad SMARTS) is 2. The van der Waals surface area contributed by atoms with Crippen LogP contribution in [0.2, 0.25) is 0 Å². The number of methoxy groups -OCH3 is 5. The van der Waals surface area contributed by atoms with Crippen molar-refractivity contribution in [2.75, 3.05) is 35.5 Å². The first-order valence-electron chi connectivity index (χ1n) is 49.2. The van der Waals surface area contributed by atoms with Crippen LogP contribution in [0.15, 0.2) is 206 Å². The number of carboxylic acids is 2. The van der Waals surface area contributed by atoms with E-state index in [1.807, 2.05) is 109 Å². The fourth-order valence-electron chi connectivity index (χ4n) is 20.3. The van der Waals surface area contributed by atoms with E-state index in [-0.39, 0.29) is 77.4 Å². The Bertz CT molecular complexity index is 5220. The quantitative estimate of drug-likeness (QED) is 0.0228. The van der Waals surface area contributed by atoms with E-state index in [1.54, 1.807) is 82.0 Å². The van der Waals surface area contributed by atoms with Crippen LogP contribution in [-0.4, -0.2) is 79.9 Å². The van der Waals surface area contributed by atoms with Gasteiger partial charge < -0.3 is 53.6 Å². The molecule has 7 fully saturated rings. The van der Waals surface area contributed by atoms with E-state index >= 15 is 8.78 Å². The summed E-state index contributed by atoms with van der Waals surface area (Å²) in [4.78, 5) is 45.5. The standard InChI is InChI=1S/2C34H39FO4.C22H26ClFO.2C13H16O3/c2*1-38-27-15-17-33(35)32(20-27)29-16-12-23(18-31(29)24-8-5-3-2-4-6-9-24)22-39-28-11-7-10-26(19-28)30(21-34(36)37)25-13-14-25;1-25-18-10-12-22(24)21(14-18)19-11-9-16(15-23)13-20(19)17-7-5-3-2-4-6-8-17;2*1-16-13(15)8-12(9-5-6-9)10-3-2-4-11(14)7-10/h2*7,10-12,15-20,24-25,30H,2-6,8-9,13-14,21-22H2,1H3,(H,36,37);9-14,17H,2-8,15H2,1H3;2*2-4,7,9,12,14H,5-6,8H2,1H3/t2*30-;;2*12-/m10.10/s1. The van der Waals surface area contributed by atoms with Gasteiger partial charge in [0.05, 0.1) is 61.2 Å². The Morgan fingerprint density at radius 2 is 0.593 bits per heavy atom. The number of carbonyl (C=O) groups is 4. The number of halogens is 4. The molecule has 718 valence electrons. The summed E-state index contributed by atoms with van der Waals surface area (Å²) in [6.07, 6.45) is 35.7. The molecular weight excluding hydrogens is 1730 g/mol. The SMILES string of the molecule is COC(=O)C[C@@H](c1cccc(O)c1)C1CC1.COC(=O)C[C@H](c1cccc(O)c1)C1CC1.COc1ccc(F)c(-c2ccc(CCl)cc2C2CCCCCCC2)c1.COc1ccc(F)c(-c2ccc(COc3cccc([C@@H](CC(=O)O)C4CC4)c3)cc2C2CCCCCCC2)c1.COc1ccc(F)c(-c2ccc(COc3cccc([C@H](CC(=O)O)C4CC4)c3)cc2C2CCCCCCC2)c1. The van der Waals surface area contributed by atoms with Gasteiger partial charge in [0, 0.05) is 22.6 Å². The van der Waals surface area contributed by atoms with Crippen LogP contribution in [0.1, 0.15) is 309 Å². The van der Waals surface area contributed by atoms with Crippen molar-refractivity contribution in [1.82, 2.24) is 0 Å². The highest BCUT2D eigenvalue weighted by molar-refractivity contribution is 6.17. The number of phenols is 2. The minimum Gasteiger partial charge on any atom is -0.508 e. The lowest BCUT2D eigenvalue weighted by atomic mass is 9.81. The number of rotatable bonds is 32. The third kappa shape index (κ3) is 30.4. The van der Waals surface area contributed by atoms with Gasteiger partial charge in [-0.3, -0.25) is 19.2 Å². The summed E-state index contributed by atoms with van der Waals surface area (Å²) in [6.45, 7) is 0.800. The molecule has 0 aliphatic heterocycles. The summed E-state index contributed by atoms with van der Waals surface area (Å²) in [5.74, 6) is 5.66. The van der Waals surface area contributed by atoms with Gasteiger partial charge >= 0.3 is 23.9 Å². The number of hydrogen-bond acceptors (Lipinski definition) is 13. The maximum atomic E-state index is 15.1. The van der Waals surface area contributed by atoms with Crippen molar-refractivity contribution in [3.8, 4) is 73.6 Å². The smallest absolute Gasteiger partial charge is 0.306 e. The second-order valence-electron chi connectivity index (χ2n) is 38.0. The van der Waals surface area contributed by atoms with Crippen LogP contribution in [0.25, 0.3) is 33.4 Å². The molecule has 10 aromatic carbocycles. The first-order valence-corrected chi connectivity index (χ1v) is 49.8. The van der Waals surface area contributed by atoms with Gasteiger partial charge in [-0.2, -0.15) is 0 Å². The molecule has 0 amide bonds. The number of benzene rings is 10. The second-order valence-corrected chi connectivity index (χ2v) is 38.3. The van der Waals surface area contributed by atoms with Crippen LogP contribution >= 0.6 is 11.6 Å². The fourth-order valence-corrected chi connectivity index (χ4v) is 20.5. The summed E-state index contributed by atoms with van der Waals surface area (Å²) in [7, 11) is 7.65. The minimum absolute atomic E-state index is 0.0361. The number of carbonyl (C=O) groups excluding carboxylic acids is 2. The summed E-state index contributed by atoms with van der Waals surface area (Å²) >= 11 is 6.08. The van der Waals surface area contributed by atoms with Gasteiger partial charge in [0.15, 0.2) is 0 Å². The summed E-state index contributed by atoms with van der Waals surface area (Å²) in [5.41, 5.74) is 15.6. The molecule has 0 bridgehead atoms. The second kappa shape index (κ2) is 51.1. The molecule has 0 saturated heterocycles. The number of aliphatic carboxylic acids is 2. The average molecular weight is 1860 g/mol. The van der Waals surface area contributed by atoms with E-state index in [0.717, 1.165) is 144 Å². The molecule has 7 aliphatic rings. The third-order valence-electron chi connectivity index (χ3n) is 28.3. The summed E-state index contributed by atoms with van der Waals surface area (Å²) in [5, 5.41) is 37.7. The van der Waals surface area contributed by atoms with E-state index in [9.17, 15) is 44.0 Å². The molecule has 135 heavy (non-hydrogen) atoms. The third-order valence-corrected chi connectivity index (χ3v) is 28.6. The van der Waals surface area contributed by atoms with Crippen molar-refractivity contribution >= 4 is 35.5 Å². The Morgan fingerprint density at radius 1 is 0.311 bits per heavy atom. The molecule has 15 nitrogen and oxygen atoms in total. The molecule has 0 heterocycles. The molecule has 0 unspecified atom stereocenters. The van der Waals surface area contributed by atoms with E-state index in [4.69, 9.17) is 44.8 Å². The van der Waals surface area contributed by atoms with Crippen molar-refractivity contribution in [2.24, 2.45) is 23.7 Å². The molecule has 4 atom stereocenters. The van der Waals surface area contributed by atoms with Gasteiger partial charge in [-0.05, 0) is 330 Å². The van der Waals surface area contributed by atoms with Crippen LogP contribution in [0, 0.1) is 41.1 Å². The highest BCUT2D eigenvalue weighted by atomic mass is 35.5. The van der Waals surface area contributed by atoms with Gasteiger partial charge in [0.1, 0.15) is 70.9 Å². The van der Waals surface area contributed by atoms with E-state index in [2.05, 4.69) is 18.2 Å². The van der Waals surface area contributed by atoms with Crippen molar-refractivity contribution < 1.29 is 85.9 Å². The largest absolute Gasteiger partial charge is 0.508 e. The molecule has 0 spiro atoms. The van der Waals surface area contributed by atoms with Crippen molar-refractivity contribution in [1.29, 1.82) is 0 Å². The number of alkyl halides is 1. The number of hydrogen-bond donors (Lipinski definition) is 4. The number of esters is 2. The van der Waals surface area contributed by atoms with E-state index in [1.165, 1.54) is 158 Å². The minimum atomic E-state index is -0.757. The fraction of sp³-hybridized carbons (Fsp3) is 0.448. The maximum Gasteiger partial charge on any atom is 0.306 e. The molecule has 7 aliphatic carbocycles. The van der Waals surface area contributed by atoms with Gasteiger partial charge in [0.2, 0.25) is 0 Å². The summed E-state index contributed by atoms with van der Waals surface area (Å²) < 4.78 is 82.8. The van der Waals surface area contributed by atoms with Crippen LogP contribution in [0.3, 0.4) is 0 Å². The van der Waals surface area contributed by atoms with E-state index in [0.29, 0.717) is 107 Å². The Balaban J connectivity index is 0.000000150. The number of aromatic hydroxyl groups is 2. The van der Waals surface area contributed by atoms with E-state index < -0.39 is 11.9 Å². The molecular formula is C116H136ClF3O15. The van der Waals surface area contributed by atoms with Crippen LogP contribution in [0.5, 0.6) is 40.2 Å². The molecule has 0 aromatic heterocycles. The highest BCUT2D eigenvalue weighted by Gasteiger charge is 2.38. The predicted molar refractivity (Wildman–Crippen MR) is 527 cm³/mol. The van der Waals surface area contributed by atoms with Gasteiger partial charge in [-0.15, -0.1) is 11.6 Å².